The highest BCUT2D eigenvalue weighted by molar-refractivity contribution is 7.98. The van der Waals surface area contributed by atoms with Crippen molar-refractivity contribution in [1.82, 2.24) is 9.97 Å². The number of nitrogens with zero attached hydrogens (tertiary/aromatic N) is 3. The van der Waals surface area contributed by atoms with Crippen molar-refractivity contribution in [3.63, 3.8) is 0 Å². The molecule has 0 aliphatic heterocycles. The lowest BCUT2D eigenvalue weighted by Gasteiger charge is -2.29. The second kappa shape index (κ2) is 8.35. The standard InChI is InChI=1S/C15H28N4S/c1-7-16-14-13(11(2)3)15(18-10-17-14)19(5)12(4)8-9-20-6/h10-12H,7-9H2,1-6H3,(H,16,17,18). The summed E-state index contributed by atoms with van der Waals surface area (Å²) in [6.45, 7) is 9.63. The predicted octanol–water partition coefficient (Wildman–Crippen LogP) is 3.61. The van der Waals surface area contributed by atoms with E-state index in [0.717, 1.165) is 24.6 Å². The van der Waals surface area contributed by atoms with E-state index in [1.165, 1.54) is 11.3 Å². The van der Waals surface area contributed by atoms with Gasteiger partial charge in [0.25, 0.3) is 0 Å². The van der Waals surface area contributed by atoms with E-state index in [9.17, 15) is 0 Å². The SMILES string of the molecule is CCNc1ncnc(N(C)C(C)CCSC)c1C(C)C. The van der Waals surface area contributed by atoms with Crippen LogP contribution in [0.15, 0.2) is 6.33 Å². The third-order valence-corrected chi connectivity index (χ3v) is 4.16. The minimum absolute atomic E-state index is 0.399. The van der Waals surface area contributed by atoms with Crippen molar-refractivity contribution in [2.24, 2.45) is 0 Å². The quantitative estimate of drug-likeness (QED) is 0.793. The normalized spacial score (nSPS) is 12.6. The Morgan fingerprint density at radius 1 is 1.30 bits per heavy atom. The minimum Gasteiger partial charge on any atom is -0.370 e. The van der Waals surface area contributed by atoms with Crippen LogP contribution >= 0.6 is 11.8 Å². The molecule has 0 aromatic carbocycles. The average Bonchev–Trinajstić information content (AvgIpc) is 2.43. The summed E-state index contributed by atoms with van der Waals surface area (Å²) in [5.74, 6) is 3.60. The molecule has 0 amide bonds. The van der Waals surface area contributed by atoms with Gasteiger partial charge in [0, 0.05) is 25.2 Å². The van der Waals surface area contributed by atoms with Gasteiger partial charge in [-0.2, -0.15) is 11.8 Å². The number of hydrogen-bond donors (Lipinski definition) is 1. The molecule has 1 unspecified atom stereocenters. The molecule has 0 saturated carbocycles. The molecule has 0 aliphatic carbocycles. The summed E-state index contributed by atoms with van der Waals surface area (Å²) in [4.78, 5) is 11.2. The number of thioether (sulfide) groups is 1. The Morgan fingerprint density at radius 3 is 2.55 bits per heavy atom. The fourth-order valence-corrected chi connectivity index (χ4v) is 2.77. The zero-order chi connectivity index (χ0) is 15.1. The van der Waals surface area contributed by atoms with Crippen LogP contribution in [0, 0.1) is 0 Å². The number of anilines is 2. The molecule has 1 N–H and O–H groups in total. The molecule has 0 bridgehead atoms. The van der Waals surface area contributed by atoms with E-state index in [4.69, 9.17) is 0 Å². The van der Waals surface area contributed by atoms with Gasteiger partial charge in [-0.15, -0.1) is 0 Å². The van der Waals surface area contributed by atoms with Gasteiger partial charge in [-0.3, -0.25) is 0 Å². The van der Waals surface area contributed by atoms with Crippen molar-refractivity contribution < 1.29 is 0 Å². The maximum Gasteiger partial charge on any atom is 0.137 e. The molecule has 1 heterocycles. The van der Waals surface area contributed by atoms with E-state index in [2.05, 4.69) is 61.2 Å². The summed E-state index contributed by atoms with van der Waals surface area (Å²) >= 11 is 1.89. The van der Waals surface area contributed by atoms with Gasteiger partial charge in [0.2, 0.25) is 0 Å². The molecule has 0 aliphatic rings. The van der Waals surface area contributed by atoms with Gasteiger partial charge in [0.05, 0.1) is 0 Å². The first-order valence-corrected chi connectivity index (χ1v) is 8.72. The van der Waals surface area contributed by atoms with Crippen molar-refractivity contribution in [2.45, 2.75) is 46.1 Å². The predicted molar refractivity (Wildman–Crippen MR) is 91.1 cm³/mol. The molecule has 1 aromatic heterocycles. The van der Waals surface area contributed by atoms with Crippen LogP contribution in [0.5, 0.6) is 0 Å². The molecule has 0 saturated heterocycles. The number of hydrogen-bond acceptors (Lipinski definition) is 5. The maximum atomic E-state index is 4.54. The van der Waals surface area contributed by atoms with E-state index in [1.54, 1.807) is 6.33 Å². The molecule has 1 atom stereocenters. The first-order valence-electron chi connectivity index (χ1n) is 7.33. The summed E-state index contributed by atoms with van der Waals surface area (Å²) in [5, 5.41) is 3.35. The van der Waals surface area contributed by atoms with Crippen LogP contribution in [0.4, 0.5) is 11.6 Å². The zero-order valence-corrected chi connectivity index (χ0v) is 14.4. The average molecular weight is 296 g/mol. The van der Waals surface area contributed by atoms with Gasteiger partial charge in [-0.05, 0) is 38.2 Å². The van der Waals surface area contributed by atoms with E-state index >= 15 is 0 Å². The summed E-state index contributed by atoms with van der Waals surface area (Å²) < 4.78 is 0. The summed E-state index contributed by atoms with van der Waals surface area (Å²) in [5.41, 5.74) is 1.22. The van der Waals surface area contributed by atoms with Crippen molar-refractivity contribution >= 4 is 23.4 Å². The largest absolute Gasteiger partial charge is 0.370 e. The Hall–Kier alpha value is -0.970. The smallest absolute Gasteiger partial charge is 0.137 e. The highest BCUT2D eigenvalue weighted by Gasteiger charge is 2.20. The van der Waals surface area contributed by atoms with E-state index in [1.807, 2.05) is 11.8 Å². The molecule has 5 heteroatoms. The molecule has 114 valence electrons. The van der Waals surface area contributed by atoms with Gasteiger partial charge in [0.1, 0.15) is 18.0 Å². The van der Waals surface area contributed by atoms with Gasteiger partial charge in [0.15, 0.2) is 0 Å². The summed E-state index contributed by atoms with van der Waals surface area (Å²) in [7, 11) is 2.13. The van der Waals surface area contributed by atoms with E-state index in [0.29, 0.717) is 12.0 Å². The molecule has 20 heavy (non-hydrogen) atoms. The fourth-order valence-electron chi connectivity index (χ4n) is 2.20. The van der Waals surface area contributed by atoms with Crippen LogP contribution in [0.25, 0.3) is 0 Å². The third-order valence-electron chi connectivity index (χ3n) is 3.52. The maximum absolute atomic E-state index is 4.54. The Balaban J connectivity index is 3.06. The van der Waals surface area contributed by atoms with Gasteiger partial charge >= 0.3 is 0 Å². The van der Waals surface area contributed by atoms with Gasteiger partial charge < -0.3 is 10.2 Å². The molecule has 4 nitrogen and oxygen atoms in total. The Kier molecular flexibility index (Phi) is 7.13. The summed E-state index contributed by atoms with van der Waals surface area (Å²) in [6, 6.07) is 0.476. The van der Waals surface area contributed by atoms with Crippen LogP contribution in [-0.2, 0) is 0 Å². The molecular formula is C15H28N4S. The van der Waals surface area contributed by atoms with E-state index in [-0.39, 0.29) is 0 Å². The van der Waals surface area contributed by atoms with Crippen LogP contribution in [-0.4, -0.2) is 41.6 Å². The Morgan fingerprint density at radius 2 is 2.00 bits per heavy atom. The fraction of sp³-hybridized carbons (Fsp3) is 0.733. The highest BCUT2D eigenvalue weighted by atomic mass is 32.2. The minimum atomic E-state index is 0.399. The first-order chi connectivity index (χ1) is 9.52. The summed E-state index contributed by atoms with van der Waals surface area (Å²) in [6.07, 6.45) is 4.98. The highest BCUT2D eigenvalue weighted by Crippen LogP contribution is 2.31. The van der Waals surface area contributed by atoms with E-state index < -0.39 is 0 Å². The monoisotopic (exact) mass is 296 g/mol. The van der Waals surface area contributed by atoms with Crippen LogP contribution in [0.3, 0.4) is 0 Å². The number of aromatic nitrogens is 2. The molecule has 1 aromatic rings. The number of rotatable bonds is 8. The molecule has 0 fully saturated rings. The Labute approximate surface area is 127 Å². The number of nitrogens with one attached hydrogen (secondary N) is 1. The van der Waals surface area contributed by atoms with Crippen molar-refractivity contribution in [1.29, 1.82) is 0 Å². The zero-order valence-electron chi connectivity index (χ0n) is 13.6. The molecule has 1 rings (SSSR count). The topological polar surface area (TPSA) is 41.1 Å². The lowest BCUT2D eigenvalue weighted by Crippen LogP contribution is -2.31. The third kappa shape index (κ3) is 4.27. The lowest BCUT2D eigenvalue weighted by molar-refractivity contribution is 0.654. The van der Waals surface area contributed by atoms with Gasteiger partial charge in [-0.25, -0.2) is 9.97 Å². The lowest BCUT2D eigenvalue weighted by atomic mass is 10.0. The second-order valence-electron chi connectivity index (χ2n) is 5.39. The van der Waals surface area contributed by atoms with Crippen molar-refractivity contribution in [3.05, 3.63) is 11.9 Å². The molecule has 0 radical (unpaired) electrons. The van der Waals surface area contributed by atoms with Crippen molar-refractivity contribution in [3.8, 4) is 0 Å². The van der Waals surface area contributed by atoms with Crippen LogP contribution < -0.4 is 10.2 Å². The van der Waals surface area contributed by atoms with Crippen LogP contribution in [0.2, 0.25) is 0 Å². The Bertz CT molecular complexity index is 409. The first kappa shape index (κ1) is 17.1. The second-order valence-corrected chi connectivity index (χ2v) is 6.37. The van der Waals surface area contributed by atoms with Crippen molar-refractivity contribution in [2.75, 3.05) is 35.8 Å². The van der Waals surface area contributed by atoms with Crippen LogP contribution in [0.1, 0.15) is 45.6 Å². The molecular weight excluding hydrogens is 268 g/mol. The molecule has 0 spiro atoms. The van der Waals surface area contributed by atoms with Gasteiger partial charge in [-0.1, -0.05) is 13.8 Å².